The number of halogens is 2. The zero-order valence-electron chi connectivity index (χ0n) is 9.11. The second-order valence-electron chi connectivity index (χ2n) is 3.55. The summed E-state index contributed by atoms with van der Waals surface area (Å²) >= 11 is 11.9. The molecular weight excluding hydrogens is 277 g/mol. The lowest BCUT2D eigenvalue weighted by Gasteiger charge is -2.09. The maximum atomic E-state index is 10.3. The van der Waals surface area contributed by atoms with Crippen molar-refractivity contribution < 1.29 is 9.90 Å². The number of aromatic nitrogens is 2. The van der Waals surface area contributed by atoms with E-state index in [9.17, 15) is 9.90 Å². The monoisotopic (exact) mass is 284 g/mol. The molecule has 0 aliphatic rings. The van der Waals surface area contributed by atoms with Gasteiger partial charge in [0.15, 0.2) is 0 Å². The molecule has 1 aromatic carbocycles. The van der Waals surface area contributed by atoms with Crippen LogP contribution in [0.4, 0.5) is 5.82 Å². The number of benzene rings is 1. The first-order chi connectivity index (χ1) is 8.58. The van der Waals surface area contributed by atoms with Crippen molar-refractivity contribution in [1.29, 1.82) is 0 Å². The molecule has 1 heterocycles. The third-order valence-electron chi connectivity index (χ3n) is 2.28. The van der Waals surface area contributed by atoms with Gasteiger partial charge in [-0.05, 0) is 12.1 Å². The molecule has 1 aromatic heterocycles. The van der Waals surface area contributed by atoms with E-state index in [0.717, 1.165) is 0 Å². The van der Waals surface area contributed by atoms with Crippen molar-refractivity contribution in [3.8, 4) is 0 Å². The van der Waals surface area contributed by atoms with Crippen LogP contribution in [0.1, 0.15) is 6.42 Å². The molecule has 2 aromatic rings. The second kappa shape index (κ2) is 5.37. The van der Waals surface area contributed by atoms with Crippen LogP contribution in [0, 0.1) is 0 Å². The summed E-state index contributed by atoms with van der Waals surface area (Å²) in [6.45, 7) is 0.207. The van der Waals surface area contributed by atoms with E-state index in [1.54, 1.807) is 12.1 Å². The number of hydrogen-bond donors (Lipinski definition) is 1. The highest BCUT2D eigenvalue weighted by molar-refractivity contribution is 6.38. The van der Waals surface area contributed by atoms with Gasteiger partial charge >= 0.3 is 0 Å². The smallest absolute Gasteiger partial charge is 0.137 e. The fourth-order valence-electron chi connectivity index (χ4n) is 1.52. The van der Waals surface area contributed by atoms with E-state index in [1.165, 1.54) is 6.33 Å². The summed E-state index contributed by atoms with van der Waals surface area (Å²) in [7, 11) is 0. The molecule has 0 saturated carbocycles. The maximum absolute atomic E-state index is 10.3. The molecule has 0 unspecified atom stereocenters. The van der Waals surface area contributed by atoms with Crippen molar-refractivity contribution in [2.24, 2.45) is 0 Å². The van der Waals surface area contributed by atoms with Gasteiger partial charge in [-0.3, -0.25) is 0 Å². The number of nitrogens with zero attached hydrogens (tertiary/aromatic N) is 2. The van der Waals surface area contributed by atoms with Crippen LogP contribution in [0.15, 0.2) is 18.5 Å². The fraction of sp³-hybridized carbons (Fsp3) is 0.182. The van der Waals surface area contributed by atoms with Gasteiger partial charge in [0.05, 0.1) is 10.5 Å². The Hall–Kier alpha value is -1.59. The molecule has 0 fully saturated rings. The Morgan fingerprint density at radius 1 is 1.33 bits per heavy atom. The van der Waals surface area contributed by atoms with Crippen LogP contribution in [0.3, 0.4) is 0 Å². The Morgan fingerprint density at radius 2 is 2.11 bits per heavy atom. The van der Waals surface area contributed by atoms with Crippen molar-refractivity contribution in [1.82, 2.24) is 9.97 Å². The van der Waals surface area contributed by atoms with Crippen LogP contribution in [0.25, 0.3) is 10.9 Å². The summed E-state index contributed by atoms with van der Waals surface area (Å²) in [6.07, 6.45) is 1.24. The summed E-state index contributed by atoms with van der Waals surface area (Å²) in [5, 5.41) is 14.7. The number of aliphatic carboxylic acids is 1. The molecule has 1 N–H and O–H groups in total. The first kappa shape index (κ1) is 12.9. The zero-order valence-corrected chi connectivity index (χ0v) is 10.6. The number of carboxylic acids is 1. The molecule has 0 aliphatic carbocycles. The summed E-state index contributed by atoms with van der Waals surface area (Å²) < 4.78 is 0. The topological polar surface area (TPSA) is 77.9 Å². The molecule has 0 atom stereocenters. The molecule has 0 aliphatic heterocycles. The third-order valence-corrected chi connectivity index (χ3v) is 2.78. The maximum Gasteiger partial charge on any atom is 0.137 e. The van der Waals surface area contributed by atoms with Gasteiger partial charge in [-0.2, -0.15) is 0 Å². The predicted octanol–water partition coefficient (Wildman–Crippen LogP) is 1.49. The molecule has 0 spiro atoms. The Labute approximate surface area is 113 Å². The number of anilines is 1. The fourth-order valence-corrected chi connectivity index (χ4v) is 2.06. The largest absolute Gasteiger partial charge is 0.550 e. The van der Waals surface area contributed by atoms with Crippen molar-refractivity contribution in [3.05, 3.63) is 28.5 Å². The van der Waals surface area contributed by atoms with Crippen molar-refractivity contribution in [2.45, 2.75) is 6.42 Å². The normalized spacial score (nSPS) is 10.6. The van der Waals surface area contributed by atoms with E-state index in [2.05, 4.69) is 15.3 Å². The van der Waals surface area contributed by atoms with Crippen molar-refractivity contribution >= 4 is 45.9 Å². The van der Waals surface area contributed by atoms with Gasteiger partial charge < -0.3 is 15.2 Å². The molecular formula is C11H8Cl2N3O2-. The van der Waals surface area contributed by atoms with Crippen LogP contribution in [-0.4, -0.2) is 22.5 Å². The number of hydrogen-bond acceptors (Lipinski definition) is 5. The van der Waals surface area contributed by atoms with Crippen LogP contribution < -0.4 is 10.4 Å². The average Bonchev–Trinajstić information content (AvgIpc) is 2.29. The number of fused-ring (bicyclic) bond motifs is 1. The highest BCUT2D eigenvalue weighted by atomic mass is 35.5. The average molecular weight is 285 g/mol. The lowest BCUT2D eigenvalue weighted by atomic mass is 10.2. The minimum absolute atomic E-state index is 0.111. The summed E-state index contributed by atoms with van der Waals surface area (Å²) in [5.74, 6) is -0.637. The molecule has 0 amide bonds. The lowest BCUT2D eigenvalue weighted by molar-refractivity contribution is -0.305. The molecule has 94 valence electrons. The number of carbonyl (C=O) groups excluding carboxylic acids is 1. The Morgan fingerprint density at radius 3 is 2.83 bits per heavy atom. The molecule has 0 radical (unpaired) electrons. The van der Waals surface area contributed by atoms with Gasteiger partial charge in [0.1, 0.15) is 12.1 Å². The van der Waals surface area contributed by atoms with Crippen LogP contribution in [0.5, 0.6) is 0 Å². The van der Waals surface area contributed by atoms with E-state index >= 15 is 0 Å². The van der Waals surface area contributed by atoms with Gasteiger partial charge in [-0.1, -0.05) is 23.2 Å². The molecule has 18 heavy (non-hydrogen) atoms. The van der Waals surface area contributed by atoms with Crippen molar-refractivity contribution in [3.63, 3.8) is 0 Å². The highest BCUT2D eigenvalue weighted by Gasteiger charge is 2.08. The Balaban J connectivity index is 2.35. The summed E-state index contributed by atoms with van der Waals surface area (Å²) in [6, 6.07) is 3.26. The SMILES string of the molecule is O=C([O-])CCNc1ncnc2c(Cl)cc(Cl)cc12. The zero-order chi connectivity index (χ0) is 13.1. The molecule has 7 heteroatoms. The summed E-state index contributed by atoms with van der Waals surface area (Å²) in [5.41, 5.74) is 0.562. The number of carbonyl (C=O) groups is 1. The van der Waals surface area contributed by atoms with E-state index in [4.69, 9.17) is 23.2 Å². The van der Waals surface area contributed by atoms with E-state index < -0.39 is 5.97 Å². The quantitative estimate of drug-likeness (QED) is 0.920. The Bertz CT molecular complexity index is 604. The molecule has 0 saturated heterocycles. The number of nitrogens with one attached hydrogen (secondary N) is 1. The summed E-state index contributed by atoms with van der Waals surface area (Å²) in [4.78, 5) is 18.4. The highest BCUT2D eigenvalue weighted by Crippen LogP contribution is 2.29. The lowest BCUT2D eigenvalue weighted by Crippen LogP contribution is -2.24. The number of carboxylic acid groups (broad SMARTS) is 1. The number of rotatable bonds is 4. The van der Waals surface area contributed by atoms with E-state index in [1.807, 2.05) is 0 Å². The predicted molar refractivity (Wildman–Crippen MR) is 67.7 cm³/mol. The standard InChI is InChI=1S/C11H9Cl2N3O2/c12-6-3-7-10(8(13)4-6)15-5-16-11(7)14-2-1-9(17)18/h3-5H,1-2H2,(H,17,18)(H,14,15,16)/p-1. The Kier molecular flexibility index (Phi) is 3.84. The first-order valence-corrected chi connectivity index (χ1v) is 5.87. The third kappa shape index (κ3) is 2.80. The van der Waals surface area contributed by atoms with Gasteiger partial charge in [-0.25, -0.2) is 9.97 Å². The van der Waals surface area contributed by atoms with Crippen LogP contribution >= 0.6 is 23.2 Å². The minimum Gasteiger partial charge on any atom is -0.550 e. The van der Waals surface area contributed by atoms with E-state index in [-0.39, 0.29) is 13.0 Å². The minimum atomic E-state index is -1.13. The second-order valence-corrected chi connectivity index (χ2v) is 4.40. The van der Waals surface area contributed by atoms with Gasteiger partial charge in [-0.15, -0.1) is 0 Å². The van der Waals surface area contributed by atoms with Crippen molar-refractivity contribution in [2.75, 3.05) is 11.9 Å². The van der Waals surface area contributed by atoms with Gasteiger partial charge in [0.2, 0.25) is 0 Å². The molecule has 5 nitrogen and oxygen atoms in total. The first-order valence-electron chi connectivity index (χ1n) is 5.11. The molecule has 2 rings (SSSR count). The van der Waals surface area contributed by atoms with Crippen LogP contribution in [0.2, 0.25) is 10.0 Å². The van der Waals surface area contributed by atoms with E-state index in [0.29, 0.717) is 26.8 Å². The van der Waals surface area contributed by atoms with Gasteiger partial charge in [0, 0.05) is 29.3 Å². The molecule has 0 bridgehead atoms. The van der Waals surface area contributed by atoms with Gasteiger partial charge in [0.25, 0.3) is 0 Å². The van der Waals surface area contributed by atoms with Crippen LogP contribution in [-0.2, 0) is 4.79 Å².